The van der Waals surface area contributed by atoms with Gasteiger partial charge in [-0.1, -0.05) is 32.1 Å². The maximum absolute atomic E-state index is 13.1. The fourth-order valence-electron chi connectivity index (χ4n) is 3.79. The van der Waals surface area contributed by atoms with Gasteiger partial charge in [-0.15, -0.1) is 0 Å². The molecule has 6 nitrogen and oxygen atoms in total. The van der Waals surface area contributed by atoms with Crippen molar-refractivity contribution in [2.75, 3.05) is 19.7 Å². The van der Waals surface area contributed by atoms with Gasteiger partial charge >= 0.3 is 0 Å². The van der Waals surface area contributed by atoms with E-state index >= 15 is 0 Å². The predicted octanol–water partition coefficient (Wildman–Crippen LogP) is 3.23. The molecule has 1 aliphatic carbocycles. The van der Waals surface area contributed by atoms with E-state index < -0.39 is 6.10 Å². The lowest BCUT2D eigenvalue weighted by molar-refractivity contribution is -0.128. The Labute approximate surface area is 178 Å². The van der Waals surface area contributed by atoms with Crippen LogP contribution in [0.3, 0.4) is 0 Å². The van der Waals surface area contributed by atoms with Crippen LogP contribution in [-0.4, -0.2) is 46.8 Å². The van der Waals surface area contributed by atoms with Crippen LogP contribution >= 0.6 is 0 Å². The van der Waals surface area contributed by atoms with Gasteiger partial charge in [-0.25, -0.2) is 0 Å². The number of amides is 1. The van der Waals surface area contributed by atoms with Crippen molar-refractivity contribution in [2.45, 2.75) is 46.4 Å². The smallest absolute Gasteiger partial charge is 0.253 e. The molecule has 1 aromatic rings. The minimum absolute atomic E-state index is 0.0840. The molecule has 0 spiro atoms. The van der Waals surface area contributed by atoms with Gasteiger partial charge in [0.05, 0.1) is 11.9 Å². The highest BCUT2D eigenvalue weighted by Gasteiger charge is 2.32. The molecule has 1 aromatic carbocycles. The molecule has 1 amide bonds. The van der Waals surface area contributed by atoms with Crippen LogP contribution in [0.4, 0.5) is 0 Å². The molecule has 2 aliphatic rings. The Morgan fingerprint density at radius 2 is 2.07 bits per heavy atom. The van der Waals surface area contributed by atoms with Crippen molar-refractivity contribution in [1.29, 1.82) is 0 Å². The topological polar surface area (TPSA) is 82.0 Å². The number of allylic oxidation sites excluding steroid dienone is 2. The van der Waals surface area contributed by atoms with Gasteiger partial charge in [0.25, 0.3) is 5.91 Å². The van der Waals surface area contributed by atoms with E-state index in [0.29, 0.717) is 25.3 Å². The molecule has 3 rings (SSSR count). The highest BCUT2D eigenvalue weighted by atomic mass is 16.5. The van der Waals surface area contributed by atoms with E-state index in [-0.39, 0.29) is 24.0 Å². The van der Waals surface area contributed by atoms with Crippen LogP contribution in [0, 0.1) is 5.92 Å². The first-order chi connectivity index (χ1) is 14.3. The van der Waals surface area contributed by atoms with E-state index in [1.54, 1.807) is 11.0 Å². The molecular formula is C24H32N2O4. The summed E-state index contributed by atoms with van der Waals surface area (Å²) in [5.41, 5.74) is 4.30. The van der Waals surface area contributed by atoms with Crippen molar-refractivity contribution in [2.24, 2.45) is 5.92 Å². The summed E-state index contributed by atoms with van der Waals surface area (Å²) in [5.74, 6) is 0.849. The molecule has 162 valence electrons. The number of benzene rings is 1. The number of aliphatic hydroxyl groups excluding tert-OH is 2. The minimum Gasteiger partial charge on any atom is -0.512 e. The number of ether oxygens (including phenoxy) is 1. The molecule has 0 saturated carbocycles. The summed E-state index contributed by atoms with van der Waals surface area (Å²) in [5, 5.41) is 23.7. The van der Waals surface area contributed by atoms with E-state index in [1.165, 1.54) is 0 Å². The van der Waals surface area contributed by atoms with Crippen LogP contribution in [0.2, 0.25) is 0 Å². The van der Waals surface area contributed by atoms with Gasteiger partial charge in [-0.3, -0.25) is 4.79 Å². The van der Waals surface area contributed by atoms with Crippen molar-refractivity contribution in [1.82, 2.24) is 10.2 Å². The van der Waals surface area contributed by atoms with Crippen LogP contribution in [0.25, 0.3) is 0 Å². The van der Waals surface area contributed by atoms with Gasteiger partial charge in [0, 0.05) is 38.2 Å². The second kappa shape index (κ2) is 9.49. The summed E-state index contributed by atoms with van der Waals surface area (Å²) in [6.07, 6.45) is 0.768. The summed E-state index contributed by atoms with van der Waals surface area (Å²) in [7, 11) is 0. The normalized spacial score (nSPS) is 18.5. The van der Waals surface area contributed by atoms with Crippen LogP contribution in [0.5, 0.6) is 5.75 Å². The average molecular weight is 413 g/mol. The first-order valence-corrected chi connectivity index (χ1v) is 10.5. The largest absolute Gasteiger partial charge is 0.512 e. The first-order valence-electron chi connectivity index (χ1n) is 10.5. The monoisotopic (exact) mass is 412 g/mol. The molecule has 0 saturated heterocycles. The predicted molar refractivity (Wildman–Crippen MR) is 117 cm³/mol. The number of rotatable bonds is 8. The number of fused-ring (bicyclic) bond motifs is 1. The Kier molecular flexibility index (Phi) is 7.00. The zero-order valence-electron chi connectivity index (χ0n) is 18.1. The lowest BCUT2D eigenvalue weighted by atomic mass is 9.89. The summed E-state index contributed by atoms with van der Waals surface area (Å²) in [6.45, 7) is 12.8. The molecular weight excluding hydrogens is 380 g/mol. The molecule has 0 fully saturated rings. The van der Waals surface area contributed by atoms with Crippen LogP contribution in [0.15, 0.2) is 53.3 Å². The third-order valence-electron chi connectivity index (χ3n) is 5.42. The average Bonchev–Trinajstić information content (AvgIpc) is 3.10. The fourth-order valence-corrected chi connectivity index (χ4v) is 3.79. The number of nitrogens with one attached hydrogen (secondary N) is 1. The molecule has 0 radical (unpaired) electrons. The molecule has 1 aliphatic heterocycles. The molecule has 30 heavy (non-hydrogen) atoms. The van der Waals surface area contributed by atoms with Crippen molar-refractivity contribution in [3.63, 3.8) is 0 Å². The molecule has 0 aromatic heterocycles. The molecule has 1 heterocycles. The van der Waals surface area contributed by atoms with Gasteiger partial charge in [0.1, 0.15) is 12.4 Å². The van der Waals surface area contributed by atoms with Crippen molar-refractivity contribution >= 4 is 5.91 Å². The second-order valence-electron chi connectivity index (χ2n) is 8.45. The summed E-state index contributed by atoms with van der Waals surface area (Å²) in [6, 6.07) is 5.91. The maximum atomic E-state index is 13.1. The van der Waals surface area contributed by atoms with Gasteiger partial charge in [0.2, 0.25) is 0 Å². The summed E-state index contributed by atoms with van der Waals surface area (Å²) >= 11 is 0. The van der Waals surface area contributed by atoms with E-state index in [0.717, 1.165) is 41.1 Å². The number of carbonyl (C=O) groups is 1. The number of nitrogens with zero attached hydrogens (tertiary/aromatic N) is 1. The SMILES string of the molecule is C=C(C)CNCCOc1ccc2c(c1)CN(C(=O)C1=CC(C(C)C)=C(O)CC1O)C2. The lowest BCUT2D eigenvalue weighted by Gasteiger charge is -2.26. The zero-order valence-corrected chi connectivity index (χ0v) is 18.1. The summed E-state index contributed by atoms with van der Waals surface area (Å²) in [4.78, 5) is 14.8. The Balaban J connectivity index is 1.63. The van der Waals surface area contributed by atoms with Gasteiger partial charge in [-0.05, 0) is 47.8 Å². The number of hydrogen-bond donors (Lipinski definition) is 3. The minimum atomic E-state index is -0.977. The highest BCUT2D eigenvalue weighted by molar-refractivity contribution is 5.95. The summed E-state index contributed by atoms with van der Waals surface area (Å²) < 4.78 is 5.81. The number of aliphatic hydroxyl groups is 2. The van der Waals surface area contributed by atoms with Gasteiger partial charge in [0.15, 0.2) is 0 Å². The molecule has 3 N–H and O–H groups in total. The Morgan fingerprint density at radius 1 is 1.33 bits per heavy atom. The molecule has 1 unspecified atom stereocenters. The first kappa shape index (κ1) is 22.1. The number of carbonyl (C=O) groups excluding carboxylic acids is 1. The van der Waals surface area contributed by atoms with Gasteiger partial charge < -0.3 is 25.2 Å². The van der Waals surface area contributed by atoms with Crippen molar-refractivity contribution < 1.29 is 19.7 Å². The van der Waals surface area contributed by atoms with Crippen LogP contribution < -0.4 is 10.1 Å². The Morgan fingerprint density at radius 3 is 2.77 bits per heavy atom. The van der Waals surface area contributed by atoms with Crippen molar-refractivity contribution in [3.05, 3.63) is 64.5 Å². The lowest BCUT2D eigenvalue weighted by Crippen LogP contribution is -2.33. The maximum Gasteiger partial charge on any atom is 0.253 e. The van der Waals surface area contributed by atoms with Crippen LogP contribution in [0.1, 0.15) is 38.3 Å². The van der Waals surface area contributed by atoms with Crippen molar-refractivity contribution in [3.8, 4) is 5.75 Å². The van der Waals surface area contributed by atoms with Gasteiger partial charge in [-0.2, -0.15) is 0 Å². The Bertz CT molecular complexity index is 885. The molecule has 1 atom stereocenters. The van der Waals surface area contributed by atoms with E-state index in [2.05, 4.69) is 11.9 Å². The standard InChI is InChI=1S/C24H32N2O4/c1-15(2)12-25-7-8-30-19-6-5-17-13-26(14-18(17)9-19)24(29)21-10-20(16(3)4)22(27)11-23(21)28/h5-6,9-10,16,23,25,27-28H,1,7-8,11-14H2,2-4H3. The molecule has 0 bridgehead atoms. The van der Waals surface area contributed by atoms with E-state index in [1.807, 2.05) is 39.0 Å². The number of hydrogen-bond acceptors (Lipinski definition) is 5. The quantitative estimate of drug-likeness (QED) is 0.451. The third kappa shape index (κ3) is 5.12. The fraction of sp³-hybridized carbons (Fsp3) is 0.458. The Hall–Kier alpha value is -2.57. The van der Waals surface area contributed by atoms with E-state index in [4.69, 9.17) is 4.74 Å². The second-order valence-corrected chi connectivity index (χ2v) is 8.45. The molecule has 6 heteroatoms. The highest BCUT2D eigenvalue weighted by Crippen LogP contribution is 2.32. The zero-order chi connectivity index (χ0) is 21.8. The van der Waals surface area contributed by atoms with Crippen LogP contribution in [-0.2, 0) is 17.9 Å². The third-order valence-corrected chi connectivity index (χ3v) is 5.42. The van der Waals surface area contributed by atoms with E-state index in [9.17, 15) is 15.0 Å².